The lowest BCUT2D eigenvalue weighted by Crippen LogP contribution is -2.51. The number of esters is 1. The minimum absolute atomic E-state index is 0.0711. The quantitative estimate of drug-likeness (QED) is 0.719. The van der Waals surface area contributed by atoms with Crippen LogP contribution in [0.4, 0.5) is 0 Å². The summed E-state index contributed by atoms with van der Waals surface area (Å²) in [6.07, 6.45) is 0. The molecule has 6 nitrogen and oxygen atoms in total. The van der Waals surface area contributed by atoms with Crippen molar-refractivity contribution in [2.75, 3.05) is 40.4 Å². The van der Waals surface area contributed by atoms with Crippen molar-refractivity contribution in [2.24, 2.45) is 0 Å². The van der Waals surface area contributed by atoms with Crippen molar-refractivity contribution in [1.82, 2.24) is 9.80 Å². The zero-order chi connectivity index (χ0) is 20.1. The average Bonchev–Trinajstić information content (AvgIpc) is 2.75. The Morgan fingerprint density at radius 2 is 1.61 bits per heavy atom. The van der Waals surface area contributed by atoms with Crippen LogP contribution in [0.1, 0.15) is 22.0 Å². The van der Waals surface area contributed by atoms with Crippen molar-refractivity contribution in [1.29, 1.82) is 0 Å². The molecule has 0 radical (unpaired) electrons. The van der Waals surface area contributed by atoms with Crippen LogP contribution in [0.2, 0.25) is 5.02 Å². The summed E-state index contributed by atoms with van der Waals surface area (Å²) in [4.78, 5) is 29.1. The van der Waals surface area contributed by atoms with Gasteiger partial charge in [0.15, 0.2) is 0 Å². The molecule has 1 unspecified atom stereocenters. The number of hydrogen-bond acceptors (Lipinski definition) is 5. The van der Waals surface area contributed by atoms with Gasteiger partial charge in [-0.1, -0.05) is 35.9 Å². The SMILES string of the molecule is COC(=O)C(c1ccc(Cl)cc1)N1CCN(C(=O)c2ccccc2OC)CC1. The van der Waals surface area contributed by atoms with Crippen molar-refractivity contribution in [2.45, 2.75) is 6.04 Å². The molecule has 3 rings (SSSR count). The Morgan fingerprint density at radius 3 is 2.21 bits per heavy atom. The monoisotopic (exact) mass is 402 g/mol. The van der Waals surface area contributed by atoms with Gasteiger partial charge in [0.25, 0.3) is 5.91 Å². The number of piperazine rings is 1. The Hall–Kier alpha value is -2.57. The summed E-state index contributed by atoms with van der Waals surface area (Å²) >= 11 is 5.97. The molecule has 1 atom stereocenters. The molecule has 28 heavy (non-hydrogen) atoms. The number of nitrogens with zero attached hydrogens (tertiary/aromatic N) is 2. The molecule has 1 aliphatic rings. The highest BCUT2D eigenvalue weighted by molar-refractivity contribution is 6.30. The molecule has 1 fully saturated rings. The fraction of sp³-hybridized carbons (Fsp3) is 0.333. The van der Waals surface area contributed by atoms with Gasteiger partial charge in [-0.15, -0.1) is 0 Å². The van der Waals surface area contributed by atoms with E-state index in [-0.39, 0.29) is 11.9 Å². The van der Waals surface area contributed by atoms with E-state index in [0.29, 0.717) is 42.5 Å². The van der Waals surface area contributed by atoms with Gasteiger partial charge in [0.1, 0.15) is 11.8 Å². The molecule has 2 aromatic carbocycles. The topological polar surface area (TPSA) is 59.1 Å². The summed E-state index contributed by atoms with van der Waals surface area (Å²) in [6.45, 7) is 2.14. The van der Waals surface area contributed by atoms with Crippen LogP contribution in [0.25, 0.3) is 0 Å². The predicted molar refractivity (Wildman–Crippen MR) is 107 cm³/mol. The molecule has 1 saturated heterocycles. The number of methoxy groups -OCH3 is 2. The van der Waals surface area contributed by atoms with Crippen LogP contribution in [0.3, 0.4) is 0 Å². The standard InChI is InChI=1S/C21H23ClN2O4/c1-27-18-6-4-3-5-17(18)20(25)24-13-11-23(12-14-24)19(21(26)28-2)15-7-9-16(22)10-8-15/h3-10,19H,11-14H2,1-2H3. The van der Waals surface area contributed by atoms with Gasteiger partial charge in [0, 0.05) is 31.2 Å². The van der Waals surface area contributed by atoms with E-state index in [9.17, 15) is 9.59 Å². The fourth-order valence-corrected chi connectivity index (χ4v) is 3.55. The number of hydrogen-bond donors (Lipinski definition) is 0. The van der Waals surface area contributed by atoms with Crippen LogP contribution < -0.4 is 4.74 Å². The Labute approximate surface area is 169 Å². The third kappa shape index (κ3) is 4.29. The molecule has 148 valence electrons. The Balaban J connectivity index is 1.73. The molecule has 1 amide bonds. The molecule has 0 aromatic heterocycles. The second kappa shape index (κ2) is 9.08. The van der Waals surface area contributed by atoms with E-state index in [1.165, 1.54) is 7.11 Å². The number of amides is 1. The van der Waals surface area contributed by atoms with E-state index < -0.39 is 6.04 Å². The van der Waals surface area contributed by atoms with Gasteiger partial charge in [-0.3, -0.25) is 9.69 Å². The molecule has 0 bridgehead atoms. The van der Waals surface area contributed by atoms with Crippen LogP contribution in [0.15, 0.2) is 48.5 Å². The summed E-state index contributed by atoms with van der Waals surface area (Å²) in [5, 5.41) is 0.611. The average molecular weight is 403 g/mol. The molecular weight excluding hydrogens is 380 g/mol. The van der Waals surface area contributed by atoms with Gasteiger partial charge in [0.05, 0.1) is 19.8 Å². The smallest absolute Gasteiger partial charge is 0.327 e. The van der Waals surface area contributed by atoms with Crippen LogP contribution in [-0.4, -0.2) is 62.1 Å². The van der Waals surface area contributed by atoms with E-state index in [1.54, 1.807) is 36.3 Å². The third-order valence-electron chi connectivity index (χ3n) is 4.91. The molecule has 2 aromatic rings. The van der Waals surface area contributed by atoms with Gasteiger partial charge in [-0.05, 0) is 29.8 Å². The number of carbonyl (C=O) groups excluding carboxylic acids is 2. The van der Waals surface area contributed by atoms with Crippen molar-refractivity contribution < 1.29 is 19.1 Å². The van der Waals surface area contributed by atoms with E-state index in [4.69, 9.17) is 21.1 Å². The van der Waals surface area contributed by atoms with Gasteiger partial charge >= 0.3 is 5.97 Å². The fourth-order valence-electron chi connectivity index (χ4n) is 3.43. The molecule has 7 heteroatoms. The Morgan fingerprint density at radius 1 is 0.964 bits per heavy atom. The van der Waals surface area contributed by atoms with Crippen LogP contribution in [0, 0.1) is 0 Å². The molecule has 0 aliphatic carbocycles. The normalized spacial score (nSPS) is 15.8. The summed E-state index contributed by atoms with van der Waals surface area (Å²) < 4.78 is 10.3. The first-order valence-electron chi connectivity index (χ1n) is 9.04. The molecule has 1 aliphatic heterocycles. The highest BCUT2D eigenvalue weighted by Gasteiger charge is 2.33. The summed E-state index contributed by atoms with van der Waals surface area (Å²) in [7, 11) is 2.93. The largest absolute Gasteiger partial charge is 0.496 e. The van der Waals surface area contributed by atoms with E-state index in [0.717, 1.165) is 5.56 Å². The van der Waals surface area contributed by atoms with Gasteiger partial charge in [0.2, 0.25) is 0 Å². The summed E-state index contributed by atoms with van der Waals surface area (Å²) in [5.74, 6) is 0.161. The first kappa shape index (κ1) is 20.2. The van der Waals surface area contributed by atoms with E-state index >= 15 is 0 Å². The highest BCUT2D eigenvalue weighted by Crippen LogP contribution is 2.26. The zero-order valence-electron chi connectivity index (χ0n) is 15.9. The number of para-hydroxylation sites is 1. The van der Waals surface area contributed by atoms with Gasteiger partial charge < -0.3 is 14.4 Å². The first-order chi connectivity index (χ1) is 13.5. The van der Waals surface area contributed by atoms with Crippen molar-refractivity contribution in [3.05, 3.63) is 64.7 Å². The van der Waals surface area contributed by atoms with Crippen molar-refractivity contribution in [3.8, 4) is 5.75 Å². The lowest BCUT2D eigenvalue weighted by atomic mass is 10.0. The summed E-state index contributed by atoms with van der Waals surface area (Å²) in [6, 6.07) is 13.8. The zero-order valence-corrected chi connectivity index (χ0v) is 16.7. The first-order valence-corrected chi connectivity index (χ1v) is 9.42. The van der Waals surface area contributed by atoms with Crippen molar-refractivity contribution in [3.63, 3.8) is 0 Å². The Kier molecular flexibility index (Phi) is 6.54. The summed E-state index contributed by atoms with van der Waals surface area (Å²) in [5.41, 5.74) is 1.36. The lowest BCUT2D eigenvalue weighted by Gasteiger charge is -2.38. The van der Waals surface area contributed by atoms with Crippen molar-refractivity contribution >= 4 is 23.5 Å². The third-order valence-corrected chi connectivity index (χ3v) is 5.17. The number of ether oxygens (including phenoxy) is 2. The lowest BCUT2D eigenvalue weighted by molar-refractivity contribution is -0.148. The second-order valence-electron chi connectivity index (χ2n) is 6.51. The van der Waals surface area contributed by atoms with Gasteiger partial charge in [-0.2, -0.15) is 0 Å². The Bertz CT molecular complexity index is 833. The van der Waals surface area contributed by atoms with Crippen LogP contribution in [-0.2, 0) is 9.53 Å². The number of carbonyl (C=O) groups is 2. The highest BCUT2D eigenvalue weighted by atomic mass is 35.5. The maximum atomic E-state index is 12.9. The van der Waals surface area contributed by atoms with Gasteiger partial charge in [-0.25, -0.2) is 4.79 Å². The number of halogens is 1. The molecular formula is C21H23ClN2O4. The number of rotatable bonds is 5. The molecule has 1 heterocycles. The van der Waals surface area contributed by atoms with Crippen LogP contribution >= 0.6 is 11.6 Å². The maximum Gasteiger partial charge on any atom is 0.327 e. The second-order valence-corrected chi connectivity index (χ2v) is 6.94. The molecule has 0 spiro atoms. The molecule has 0 N–H and O–H groups in total. The minimum Gasteiger partial charge on any atom is -0.496 e. The number of benzene rings is 2. The van der Waals surface area contributed by atoms with E-state index in [1.807, 2.05) is 29.2 Å². The molecule has 0 saturated carbocycles. The van der Waals surface area contributed by atoms with E-state index in [2.05, 4.69) is 0 Å². The van der Waals surface area contributed by atoms with Crippen LogP contribution in [0.5, 0.6) is 5.75 Å². The minimum atomic E-state index is -0.522. The maximum absolute atomic E-state index is 12.9. The predicted octanol–water partition coefficient (Wildman–Crippen LogP) is 3.02.